The number of nitrogens with zero attached hydrogens (tertiary/aromatic N) is 5. The van der Waals surface area contributed by atoms with Crippen molar-refractivity contribution in [2.45, 2.75) is 0 Å². The minimum Gasteiger partial charge on any atom is -0.310 e. The van der Waals surface area contributed by atoms with E-state index in [2.05, 4.69) is 369 Å². The summed E-state index contributed by atoms with van der Waals surface area (Å²) in [5.41, 5.74) is 20.7. The Morgan fingerprint density at radius 3 is 0.956 bits per heavy atom. The Morgan fingerprint density at radius 2 is 0.496 bits per heavy atom. The summed E-state index contributed by atoms with van der Waals surface area (Å²) < 4.78 is 37.9. The molecule has 23 rings (SSSR count). The summed E-state index contributed by atoms with van der Waals surface area (Å²) >= 11 is 0. The van der Waals surface area contributed by atoms with Gasteiger partial charge in [-0.3, -0.25) is 0 Å². The average molecular weight is 1480 g/mol. The average Bonchev–Trinajstić information content (AvgIpc) is 1.55. The van der Waals surface area contributed by atoms with Crippen LogP contribution in [0.15, 0.2) is 419 Å². The first-order valence-corrected chi connectivity index (χ1v) is 41.8. The van der Waals surface area contributed by atoms with Gasteiger partial charge in [-0.25, -0.2) is 0 Å². The molecule has 21 aromatic rings. The van der Waals surface area contributed by atoms with Gasteiger partial charge < -0.3 is 32.6 Å². The van der Waals surface area contributed by atoms with Crippen LogP contribution in [0.2, 0.25) is 0 Å². The Hall–Kier alpha value is -14.1. The largest absolute Gasteiger partial charge is 0.310 e. The van der Waals surface area contributed by atoms with Crippen LogP contribution in [0.3, 0.4) is 0 Å². The van der Waals surface area contributed by atoms with Crippen LogP contribution in [0.5, 0.6) is 0 Å². The lowest BCUT2D eigenvalue weighted by atomic mass is 10.0. The van der Waals surface area contributed by atoms with Crippen LogP contribution in [-0.2, 0) is 9.13 Å². The fourth-order valence-corrected chi connectivity index (χ4v) is 24.3. The second-order valence-electron chi connectivity index (χ2n) is 29.4. The van der Waals surface area contributed by atoms with Gasteiger partial charge in [-0.2, -0.15) is 0 Å². The van der Waals surface area contributed by atoms with Crippen molar-refractivity contribution in [1.82, 2.24) is 13.7 Å². The van der Waals surface area contributed by atoms with Gasteiger partial charge in [0.05, 0.1) is 33.1 Å². The summed E-state index contributed by atoms with van der Waals surface area (Å²) in [7, 11) is -6.15. The monoisotopic (exact) mass is 1480 g/mol. The van der Waals surface area contributed by atoms with Crippen molar-refractivity contribution < 1.29 is 9.13 Å². The lowest BCUT2D eigenvalue weighted by Gasteiger charge is -2.26. The van der Waals surface area contributed by atoms with Gasteiger partial charge in [0.1, 0.15) is 0 Å². The number of fused-ring (bicyclic) bond motifs is 17. The third kappa shape index (κ3) is 10.4. The molecule has 0 saturated carbocycles. The zero-order valence-corrected chi connectivity index (χ0v) is 63.1. The van der Waals surface area contributed by atoms with Gasteiger partial charge in [0.15, 0.2) is 14.3 Å². The number of anilines is 6. The van der Waals surface area contributed by atoms with E-state index < -0.39 is 14.3 Å². The van der Waals surface area contributed by atoms with Crippen molar-refractivity contribution >= 4 is 167 Å². The first kappa shape index (κ1) is 66.0. The van der Waals surface area contributed by atoms with Gasteiger partial charge >= 0.3 is 0 Å². The molecule has 7 nitrogen and oxygen atoms in total. The highest BCUT2D eigenvalue weighted by Crippen LogP contribution is 2.56. The molecule has 2 aliphatic heterocycles. The third-order valence-corrected chi connectivity index (χ3v) is 29.5. The third-order valence-electron chi connectivity index (χ3n) is 23.2. The number of hydrogen-bond donors (Lipinski definition) is 0. The minimum absolute atomic E-state index is 0.869. The van der Waals surface area contributed by atoms with Gasteiger partial charge in [0.2, 0.25) is 0 Å². The van der Waals surface area contributed by atoms with Crippen LogP contribution in [0.1, 0.15) is 0 Å². The Bertz CT molecular complexity index is 7420. The van der Waals surface area contributed by atoms with E-state index in [9.17, 15) is 0 Å². The summed E-state index contributed by atoms with van der Waals surface area (Å²) in [6.07, 6.45) is 0. The van der Waals surface area contributed by atoms with Crippen molar-refractivity contribution in [1.29, 1.82) is 0 Å². The van der Waals surface area contributed by atoms with E-state index in [1.54, 1.807) is 0 Å². The zero-order valence-electron chi connectivity index (χ0n) is 61.3. The highest BCUT2D eigenvalue weighted by Gasteiger charge is 2.43. The van der Waals surface area contributed by atoms with Crippen LogP contribution >= 0.6 is 14.3 Å². The van der Waals surface area contributed by atoms with E-state index in [1.165, 1.54) is 37.8 Å². The molecule has 0 spiro atoms. The highest BCUT2D eigenvalue weighted by molar-refractivity contribution is 7.87. The number of hydrogen-bond acceptors (Lipinski definition) is 4. The molecule has 5 heterocycles. The molecule has 3 aromatic heterocycles. The van der Waals surface area contributed by atoms with Crippen LogP contribution in [-0.4, -0.2) is 13.7 Å². The summed E-state index contributed by atoms with van der Waals surface area (Å²) in [4.78, 5) is 4.69. The molecule has 0 saturated heterocycles. The van der Waals surface area contributed by atoms with Gasteiger partial charge in [-0.05, 0) is 195 Å². The van der Waals surface area contributed by atoms with Crippen molar-refractivity contribution in [3.63, 3.8) is 0 Å². The lowest BCUT2D eigenvalue weighted by Crippen LogP contribution is -2.20. The van der Waals surface area contributed by atoms with Crippen LogP contribution in [0, 0.1) is 0 Å². The Labute approximate surface area is 653 Å². The Morgan fingerprint density at radius 1 is 0.186 bits per heavy atom. The quantitative estimate of drug-likeness (QED) is 0.121. The molecule has 0 bridgehead atoms. The molecule has 0 N–H and O–H groups in total. The van der Waals surface area contributed by atoms with Gasteiger partial charge in [-0.1, -0.05) is 267 Å². The highest BCUT2D eigenvalue weighted by atomic mass is 31.2. The van der Waals surface area contributed by atoms with Crippen LogP contribution in [0.25, 0.3) is 126 Å². The van der Waals surface area contributed by atoms with E-state index >= 15 is 9.13 Å². The lowest BCUT2D eigenvalue weighted by molar-refractivity contribution is 0.592. The first-order chi connectivity index (χ1) is 55.8. The summed E-state index contributed by atoms with van der Waals surface area (Å²) in [5, 5.41) is 17.2. The maximum atomic E-state index is 15.4. The van der Waals surface area contributed by atoms with E-state index in [4.69, 9.17) is 0 Å². The number of benzene rings is 18. The Kier molecular flexibility index (Phi) is 15.4. The molecule has 0 amide bonds. The molecule has 18 aromatic carbocycles. The summed E-state index contributed by atoms with van der Waals surface area (Å²) in [6.45, 7) is 0. The van der Waals surface area contributed by atoms with Gasteiger partial charge in [-0.15, -0.1) is 0 Å². The fourth-order valence-electron chi connectivity index (χ4n) is 18.1. The van der Waals surface area contributed by atoms with E-state index in [1.807, 2.05) is 72.8 Å². The van der Waals surface area contributed by atoms with E-state index in [0.717, 1.165) is 154 Å². The van der Waals surface area contributed by atoms with Gasteiger partial charge in [0.25, 0.3) is 0 Å². The first-order valence-electron chi connectivity index (χ1n) is 38.4. The van der Waals surface area contributed by atoms with Crippen molar-refractivity contribution in [3.8, 4) is 39.3 Å². The molecular formula is C104H69N5O2P2. The molecule has 532 valence electrons. The van der Waals surface area contributed by atoms with E-state index in [0.29, 0.717) is 0 Å². The maximum Gasteiger partial charge on any atom is 0.172 e. The number of para-hydroxylation sites is 5. The molecule has 113 heavy (non-hydrogen) atoms. The molecule has 2 aliphatic rings. The smallest absolute Gasteiger partial charge is 0.172 e. The number of aromatic nitrogens is 3. The molecular weight excluding hydrogens is 1410 g/mol. The van der Waals surface area contributed by atoms with Gasteiger partial charge in [0, 0.05) is 115 Å². The maximum absolute atomic E-state index is 15.4. The van der Waals surface area contributed by atoms with Crippen LogP contribution < -0.4 is 41.6 Å². The van der Waals surface area contributed by atoms with Crippen LogP contribution in [0.4, 0.5) is 34.1 Å². The minimum atomic E-state index is -3.09. The molecule has 0 fully saturated rings. The predicted molar refractivity (Wildman–Crippen MR) is 477 cm³/mol. The topological polar surface area (TPSA) is 55.4 Å². The number of rotatable bonds is 11. The summed E-state index contributed by atoms with van der Waals surface area (Å²) in [5.74, 6) is 0. The van der Waals surface area contributed by atoms with E-state index in [-0.39, 0.29) is 0 Å². The zero-order chi connectivity index (χ0) is 74.9. The normalized spacial score (nSPS) is 14.7. The summed E-state index contributed by atoms with van der Waals surface area (Å²) in [6, 6.07) is 148. The fraction of sp³-hybridized carbons (Fsp3) is 0. The molecule has 2 unspecified atom stereocenters. The van der Waals surface area contributed by atoms with Crippen molar-refractivity contribution in [2.24, 2.45) is 0 Å². The van der Waals surface area contributed by atoms with Crippen molar-refractivity contribution in [3.05, 3.63) is 419 Å². The van der Waals surface area contributed by atoms with Crippen molar-refractivity contribution in [2.75, 3.05) is 9.80 Å². The standard InChI is InChI=1S/C54H36N3OP.C50H33N2OP/c58-59(42-20-8-3-9-21-42)53-27-15-12-24-46(53)48-35-52-47(36-54(48)59)44-23-11-14-26-50(44)57(52)40-30-28-39(29-31-40)55(37-16-4-1-5-17-37)41-32-33-45-43-22-10-13-25-49(43)56(51(45)34-41)38-18-6-2-7-19-38;53-54(42-16-2-1-3-17-42)49-21-11-9-19-44(49)46-32-48-45(33-50(46)54)43-18-8-10-20-47(43)52(48)39-28-26-38(27-29-39)51(40-24-22-34-12-4-6-14-36(34)30-40)41-25-23-35-13-5-7-15-37(35)31-41/h1-36H;1-33H. The Balaban J connectivity index is 0.000000139. The molecule has 2 atom stereocenters. The second kappa shape index (κ2) is 26.3. The molecule has 0 aliphatic carbocycles. The second-order valence-corrected chi connectivity index (χ2v) is 34.8. The molecule has 9 heteroatoms. The SMILES string of the molecule is O=P1(c2ccccc2)c2ccccc2-c2cc3c(cc21)c1ccccc1n3-c1ccc(N(c2ccc3ccccc3c2)c2ccc3ccccc3c2)cc1.O=P1(c2ccccc2)c2ccccc2-c2cc3c(cc21)c1ccccc1n3-c1ccc(N(c2ccccc2)c2ccc3c4ccccc4n(-c4ccccc4)c3c2)cc1. The predicted octanol–water partition coefficient (Wildman–Crippen LogP) is 25.2. The molecule has 0 radical (unpaired) electrons.